The van der Waals surface area contributed by atoms with E-state index < -0.39 is 0 Å². The van der Waals surface area contributed by atoms with E-state index in [2.05, 4.69) is 17.4 Å². The van der Waals surface area contributed by atoms with Crippen molar-refractivity contribution in [1.82, 2.24) is 5.32 Å². The molecular weight excluding hydrogens is 302 g/mol. The van der Waals surface area contributed by atoms with Gasteiger partial charge in [-0.25, -0.2) is 0 Å². The lowest BCUT2D eigenvalue weighted by atomic mass is 10.1. The highest BCUT2D eigenvalue weighted by atomic mass is 16.5. The van der Waals surface area contributed by atoms with E-state index >= 15 is 0 Å². The Bertz CT molecular complexity index is 752. The third kappa shape index (κ3) is 4.16. The quantitative estimate of drug-likeness (QED) is 0.831. The van der Waals surface area contributed by atoms with Crippen molar-refractivity contribution in [2.45, 2.75) is 12.8 Å². The SMILES string of the molecule is COc1cccc(C=CC(=O)NCCc2ccc3c(c2)CCO3)c1. The van der Waals surface area contributed by atoms with E-state index in [1.54, 1.807) is 19.3 Å². The van der Waals surface area contributed by atoms with Crippen molar-refractivity contribution in [2.75, 3.05) is 20.3 Å². The first-order chi connectivity index (χ1) is 11.7. The van der Waals surface area contributed by atoms with Crippen LogP contribution in [0.5, 0.6) is 11.5 Å². The van der Waals surface area contributed by atoms with Gasteiger partial charge in [-0.15, -0.1) is 0 Å². The zero-order valence-corrected chi connectivity index (χ0v) is 13.7. The highest BCUT2D eigenvalue weighted by molar-refractivity contribution is 5.91. The van der Waals surface area contributed by atoms with E-state index in [0.717, 1.165) is 36.5 Å². The maximum Gasteiger partial charge on any atom is 0.244 e. The number of nitrogens with one attached hydrogen (secondary N) is 1. The van der Waals surface area contributed by atoms with Crippen LogP contribution in [0.2, 0.25) is 0 Å². The number of hydrogen-bond donors (Lipinski definition) is 1. The van der Waals surface area contributed by atoms with Gasteiger partial charge >= 0.3 is 0 Å². The van der Waals surface area contributed by atoms with Gasteiger partial charge in [-0.05, 0) is 47.4 Å². The number of rotatable bonds is 6. The lowest BCUT2D eigenvalue weighted by Crippen LogP contribution is -2.23. The summed E-state index contributed by atoms with van der Waals surface area (Å²) in [5, 5.41) is 2.91. The van der Waals surface area contributed by atoms with Gasteiger partial charge in [-0.1, -0.05) is 24.3 Å². The number of amides is 1. The number of fused-ring (bicyclic) bond motifs is 1. The molecule has 1 amide bonds. The zero-order valence-electron chi connectivity index (χ0n) is 13.7. The lowest BCUT2D eigenvalue weighted by molar-refractivity contribution is -0.116. The second kappa shape index (κ2) is 7.68. The van der Waals surface area contributed by atoms with E-state index in [0.29, 0.717) is 6.54 Å². The number of carbonyl (C=O) groups excluding carboxylic acids is 1. The van der Waals surface area contributed by atoms with Crippen LogP contribution in [0, 0.1) is 0 Å². The molecule has 4 heteroatoms. The van der Waals surface area contributed by atoms with Crippen molar-refractivity contribution in [2.24, 2.45) is 0 Å². The van der Waals surface area contributed by atoms with Gasteiger partial charge in [-0.3, -0.25) is 4.79 Å². The summed E-state index contributed by atoms with van der Waals surface area (Å²) in [4.78, 5) is 11.9. The molecule has 0 aliphatic carbocycles. The van der Waals surface area contributed by atoms with Gasteiger partial charge < -0.3 is 14.8 Å². The smallest absolute Gasteiger partial charge is 0.244 e. The number of carbonyl (C=O) groups is 1. The van der Waals surface area contributed by atoms with Crippen LogP contribution in [-0.4, -0.2) is 26.2 Å². The van der Waals surface area contributed by atoms with Crippen molar-refractivity contribution in [3.05, 3.63) is 65.2 Å². The predicted molar refractivity (Wildman–Crippen MR) is 94.4 cm³/mol. The van der Waals surface area contributed by atoms with Crippen LogP contribution in [0.1, 0.15) is 16.7 Å². The van der Waals surface area contributed by atoms with Gasteiger partial charge in [0.1, 0.15) is 11.5 Å². The van der Waals surface area contributed by atoms with Gasteiger partial charge in [0.05, 0.1) is 13.7 Å². The Morgan fingerprint density at radius 2 is 2.21 bits per heavy atom. The van der Waals surface area contributed by atoms with E-state index in [9.17, 15) is 4.79 Å². The summed E-state index contributed by atoms with van der Waals surface area (Å²) in [6, 6.07) is 13.8. The van der Waals surface area contributed by atoms with Gasteiger partial charge in [0, 0.05) is 19.0 Å². The normalized spacial score (nSPS) is 12.7. The second-order valence-electron chi connectivity index (χ2n) is 5.69. The monoisotopic (exact) mass is 323 g/mol. The molecule has 0 bridgehead atoms. The minimum atomic E-state index is -0.0951. The van der Waals surface area contributed by atoms with Crippen LogP contribution in [0.4, 0.5) is 0 Å². The topological polar surface area (TPSA) is 47.6 Å². The summed E-state index contributed by atoms with van der Waals surface area (Å²) >= 11 is 0. The molecular formula is C20H21NO3. The van der Waals surface area contributed by atoms with Crippen LogP contribution < -0.4 is 14.8 Å². The van der Waals surface area contributed by atoms with E-state index in [4.69, 9.17) is 9.47 Å². The Morgan fingerprint density at radius 3 is 3.08 bits per heavy atom. The van der Waals surface area contributed by atoms with Gasteiger partial charge in [0.2, 0.25) is 5.91 Å². The molecule has 3 rings (SSSR count). The third-order valence-electron chi connectivity index (χ3n) is 3.99. The summed E-state index contributed by atoms with van der Waals surface area (Å²) in [5.41, 5.74) is 3.41. The molecule has 124 valence electrons. The van der Waals surface area contributed by atoms with Gasteiger partial charge in [0.25, 0.3) is 0 Å². The minimum absolute atomic E-state index is 0.0951. The first kappa shape index (κ1) is 16.1. The Balaban J connectivity index is 1.48. The highest BCUT2D eigenvalue weighted by Gasteiger charge is 2.11. The van der Waals surface area contributed by atoms with Crippen molar-refractivity contribution in [3.8, 4) is 11.5 Å². The van der Waals surface area contributed by atoms with Crippen LogP contribution in [0.3, 0.4) is 0 Å². The summed E-state index contributed by atoms with van der Waals surface area (Å²) in [6.07, 6.45) is 5.11. The van der Waals surface area contributed by atoms with E-state index in [1.807, 2.05) is 30.3 Å². The molecule has 0 saturated carbocycles. The van der Waals surface area contributed by atoms with Crippen LogP contribution in [0.25, 0.3) is 6.08 Å². The molecule has 1 aliphatic heterocycles. The standard InChI is InChI=1S/C20H21NO3/c1-23-18-4-2-3-15(14-18)6-8-20(22)21-11-9-16-5-7-19-17(13-16)10-12-24-19/h2-8,13-14H,9-12H2,1H3,(H,21,22). The summed E-state index contributed by atoms with van der Waals surface area (Å²) in [5.74, 6) is 1.67. The van der Waals surface area contributed by atoms with Crippen molar-refractivity contribution in [1.29, 1.82) is 0 Å². The van der Waals surface area contributed by atoms with Crippen LogP contribution in [0.15, 0.2) is 48.5 Å². The molecule has 2 aromatic rings. The summed E-state index contributed by atoms with van der Waals surface area (Å²) in [6.45, 7) is 1.38. The van der Waals surface area contributed by atoms with Gasteiger partial charge in [0.15, 0.2) is 0 Å². The van der Waals surface area contributed by atoms with Crippen molar-refractivity contribution >= 4 is 12.0 Å². The average Bonchev–Trinajstić information content (AvgIpc) is 3.08. The molecule has 0 unspecified atom stereocenters. The molecule has 0 saturated heterocycles. The Hall–Kier alpha value is -2.75. The van der Waals surface area contributed by atoms with E-state index in [1.165, 1.54) is 11.1 Å². The van der Waals surface area contributed by atoms with E-state index in [-0.39, 0.29) is 5.91 Å². The minimum Gasteiger partial charge on any atom is -0.497 e. The highest BCUT2D eigenvalue weighted by Crippen LogP contribution is 2.25. The molecule has 24 heavy (non-hydrogen) atoms. The first-order valence-corrected chi connectivity index (χ1v) is 8.09. The molecule has 0 aromatic heterocycles. The molecule has 1 aliphatic rings. The van der Waals surface area contributed by atoms with Crippen LogP contribution >= 0.6 is 0 Å². The maximum atomic E-state index is 11.9. The molecule has 1 heterocycles. The maximum absolute atomic E-state index is 11.9. The lowest BCUT2D eigenvalue weighted by Gasteiger charge is -2.05. The molecule has 4 nitrogen and oxygen atoms in total. The molecule has 2 aromatic carbocycles. The van der Waals surface area contributed by atoms with Crippen molar-refractivity contribution < 1.29 is 14.3 Å². The number of methoxy groups -OCH3 is 1. The molecule has 0 spiro atoms. The predicted octanol–water partition coefficient (Wildman–Crippen LogP) is 3.00. The number of hydrogen-bond acceptors (Lipinski definition) is 3. The summed E-state index contributed by atoms with van der Waals surface area (Å²) < 4.78 is 10.7. The fraction of sp³-hybridized carbons (Fsp3) is 0.250. The Morgan fingerprint density at radius 1 is 1.29 bits per heavy atom. The second-order valence-corrected chi connectivity index (χ2v) is 5.69. The van der Waals surface area contributed by atoms with Gasteiger partial charge in [-0.2, -0.15) is 0 Å². The largest absolute Gasteiger partial charge is 0.497 e. The molecule has 0 fully saturated rings. The average molecular weight is 323 g/mol. The molecule has 0 atom stereocenters. The first-order valence-electron chi connectivity index (χ1n) is 8.09. The molecule has 1 N–H and O–H groups in total. The fourth-order valence-corrected chi connectivity index (χ4v) is 2.70. The Labute approximate surface area is 142 Å². The van der Waals surface area contributed by atoms with Crippen LogP contribution in [-0.2, 0) is 17.6 Å². The zero-order chi connectivity index (χ0) is 16.8. The Kier molecular flexibility index (Phi) is 5.16. The number of benzene rings is 2. The third-order valence-corrected chi connectivity index (χ3v) is 3.99. The molecule has 0 radical (unpaired) electrons. The fourth-order valence-electron chi connectivity index (χ4n) is 2.70. The number of ether oxygens (including phenoxy) is 2. The van der Waals surface area contributed by atoms with Crippen molar-refractivity contribution in [3.63, 3.8) is 0 Å². The summed E-state index contributed by atoms with van der Waals surface area (Å²) in [7, 11) is 1.63.